The molecule has 2 N–H and O–H groups in total. The molecule has 0 heterocycles. The highest BCUT2D eigenvalue weighted by Crippen LogP contribution is 2.32. The molecule has 0 aliphatic carbocycles. The fourth-order valence-electron chi connectivity index (χ4n) is 1.40. The third-order valence-electron chi connectivity index (χ3n) is 2.41. The SMILES string of the molecule is N#Cc1cc(S(=O)(=O)CCS(N)(=O)=O)ccc1C(F)(F)F. The lowest BCUT2D eigenvalue weighted by Crippen LogP contribution is -2.23. The lowest BCUT2D eigenvalue weighted by Gasteiger charge is -2.10. The van der Waals surface area contributed by atoms with Crippen LogP contribution >= 0.6 is 0 Å². The second-order valence-corrected chi connectivity index (χ2v) is 7.85. The number of nitriles is 1. The quantitative estimate of drug-likeness (QED) is 0.861. The van der Waals surface area contributed by atoms with Crippen LogP contribution in [0.25, 0.3) is 0 Å². The van der Waals surface area contributed by atoms with Crippen LogP contribution in [-0.2, 0) is 26.0 Å². The Bertz CT molecular complexity index is 793. The fourth-order valence-corrected chi connectivity index (χ4v) is 4.02. The lowest BCUT2D eigenvalue weighted by molar-refractivity contribution is -0.137. The third kappa shape index (κ3) is 4.69. The zero-order chi connectivity index (χ0) is 16.5. The predicted octanol–water partition coefficient (Wildman–Crippen LogP) is 0.639. The molecule has 0 radical (unpaired) electrons. The van der Waals surface area contributed by atoms with Gasteiger partial charge in [0, 0.05) is 0 Å². The Balaban J connectivity index is 3.25. The van der Waals surface area contributed by atoms with Crippen LogP contribution < -0.4 is 5.14 Å². The smallest absolute Gasteiger partial charge is 0.229 e. The molecule has 1 rings (SSSR count). The molecule has 0 bridgehead atoms. The second-order valence-electron chi connectivity index (χ2n) is 4.00. The van der Waals surface area contributed by atoms with Crippen LogP contribution in [0.4, 0.5) is 13.2 Å². The van der Waals surface area contributed by atoms with Crippen LogP contribution in [0.5, 0.6) is 0 Å². The summed E-state index contributed by atoms with van der Waals surface area (Å²) < 4.78 is 82.8. The largest absolute Gasteiger partial charge is 0.417 e. The van der Waals surface area contributed by atoms with Gasteiger partial charge in [0.05, 0.1) is 33.6 Å². The van der Waals surface area contributed by atoms with Gasteiger partial charge in [-0.3, -0.25) is 0 Å². The number of hydrogen-bond donors (Lipinski definition) is 1. The van der Waals surface area contributed by atoms with E-state index in [-0.39, 0.29) is 0 Å². The highest BCUT2D eigenvalue weighted by molar-refractivity contribution is 7.94. The summed E-state index contributed by atoms with van der Waals surface area (Å²) in [5.74, 6) is -1.76. The highest BCUT2D eigenvalue weighted by atomic mass is 32.2. The number of nitrogens with zero attached hydrogens (tertiary/aromatic N) is 1. The van der Waals surface area contributed by atoms with Crippen LogP contribution in [0.15, 0.2) is 23.1 Å². The lowest BCUT2D eigenvalue weighted by atomic mass is 10.1. The fraction of sp³-hybridized carbons (Fsp3) is 0.300. The number of sulfonamides is 1. The zero-order valence-electron chi connectivity index (χ0n) is 10.3. The summed E-state index contributed by atoms with van der Waals surface area (Å²) in [7, 11) is -8.20. The molecule has 0 saturated carbocycles. The Morgan fingerprint density at radius 2 is 1.71 bits per heavy atom. The number of sulfone groups is 1. The molecular weight excluding hydrogens is 333 g/mol. The van der Waals surface area contributed by atoms with E-state index in [0.717, 1.165) is 0 Å². The number of nitrogens with two attached hydrogens (primary N) is 1. The van der Waals surface area contributed by atoms with Crippen molar-refractivity contribution in [3.8, 4) is 6.07 Å². The van der Waals surface area contributed by atoms with E-state index in [1.165, 1.54) is 6.07 Å². The van der Waals surface area contributed by atoms with Gasteiger partial charge < -0.3 is 0 Å². The average Bonchev–Trinajstić information content (AvgIpc) is 2.34. The van der Waals surface area contributed by atoms with Crippen molar-refractivity contribution in [2.24, 2.45) is 5.14 Å². The van der Waals surface area contributed by atoms with Gasteiger partial charge in [-0.15, -0.1) is 0 Å². The first-order valence-electron chi connectivity index (χ1n) is 5.21. The average molecular weight is 342 g/mol. The summed E-state index contributed by atoms with van der Waals surface area (Å²) in [5, 5.41) is 13.3. The van der Waals surface area contributed by atoms with Gasteiger partial charge in [-0.05, 0) is 18.2 Å². The summed E-state index contributed by atoms with van der Waals surface area (Å²) >= 11 is 0. The van der Waals surface area contributed by atoms with Crippen LogP contribution in [0.2, 0.25) is 0 Å². The normalized spacial score (nSPS) is 12.9. The van der Waals surface area contributed by atoms with Crippen molar-refractivity contribution in [1.29, 1.82) is 5.26 Å². The van der Waals surface area contributed by atoms with E-state index in [0.29, 0.717) is 18.2 Å². The first-order valence-corrected chi connectivity index (χ1v) is 8.58. The first kappa shape index (κ1) is 17.4. The Morgan fingerprint density at radius 3 is 2.14 bits per heavy atom. The minimum atomic E-state index is -4.80. The monoisotopic (exact) mass is 342 g/mol. The topological polar surface area (TPSA) is 118 Å². The Morgan fingerprint density at radius 1 is 1.14 bits per heavy atom. The molecule has 0 spiro atoms. The summed E-state index contributed by atoms with van der Waals surface area (Å²) in [4.78, 5) is -0.573. The molecule has 11 heteroatoms. The Kier molecular flexibility index (Phi) is 4.66. The van der Waals surface area contributed by atoms with Gasteiger partial charge in [0.1, 0.15) is 0 Å². The summed E-state index contributed by atoms with van der Waals surface area (Å²) in [6.07, 6.45) is -4.80. The maximum absolute atomic E-state index is 12.6. The van der Waals surface area contributed by atoms with Gasteiger partial charge >= 0.3 is 6.18 Å². The van der Waals surface area contributed by atoms with E-state index in [4.69, 9.17) is 5.26 Å². The molecule has 0 aliphatic rings. The molecule has 0 aliphatic heterocycles. The predicted molar refractivity (Wildman–Crippen MR) is 66.2 cm³/mol. The molecule has 0 fully saturated rings. The molecule has 0 saturated heterocycles. The van der Waals surface area contributed by atoms with E-state index in [2.05, 4.69) is 5.14 Å². The van der Waals surface area contributed by atoms with E-state index in [1.54, 1.807) is 0 Å². The van der Waals surface area contributed by atoms with Crippen molar-refractivity contribution in [2.45, 2.75) is 11.1 Å². The van der Waals surface area contributed by atoms with Crippen LogP contribution in [-0.4, -0.2) is 28.3 Å². The molecule has 0 aromatic heterocycles. The number of alkyl halides is 3. The minimum Gasteiger partial charge on any atom is -0.229 e. The molecule has 116 valence electrons. The number of hydrogen-bond acceptors (Lipinski definition) is 5. The van der Waals surface area contributed by atoms with Crippen molar-refractivity contribution in [3.05, 3.63) is 29.3 Å². The number of benzene rings is 1. The highest BCUT2D eigenvalue weighted by Gasteiger charge is 2.34. The van der Waals surface area contributed by atoms with E-state index in [9.17, 15) is 30.0 Å². The van der Waals surface area contributed by atoms with Crippen LogP contribution in [0.3, 0.4) is 0 Å². The van der Waals surface area contributed by atoms with Gasteiger partial charge in [0.15, 0.2) is 9.84 Å². The molecule has 1 aromatic carbocycles. The minimum absolute atomic E-state index is 0.461. The summed E-state index contributed by atoms with van der Waals surface area (Å²) in [5.41, 5.74) is -2.13. The van der Waals surface area contributed by atoms with E-state index >= 15 is 0 Å². The van der Waals surface area contributed by atoms with Crippen molar-refractivity contribution < 1.29 is 30.0 Å². The van der Waals surface area contributed by atoms with Gasteiger partial charge in [-0.2, -0.15) is 18.4 Å². The Hall–Kier alpha value is -1.64. The number of rotatable bonds is 4. The van der Waals surface area contributed by atoms with Crippen molar-refractivity contribution in [1.82, 2.24) is 0 Å². The maximum Gasteiger partial charge on any atom is 0.417 e. The van der Waals surface area contributed by atoms with Gasteiger partial charge in [-0.25, -0.2) is 22.0 Å². The number of halogens is 3. The molecule has 0 unspecified atom stereocenters. The van der Waals surface area contributed by atoms with Crippen LogP contribution in [0, 0.1) is 11.3 Å². The zero-order valence-corrected chi connectivity index (χ0v) is 11.9. The molecule has 1 aromatic rings. The standard InChI is InChI=1S/C10H9F3N2O4S2/c11-10(12,13)9-2-1-8(5-7(9)6-14)20(16,17)3-4-21(15,18)19/h1-2,5H,3-4H2,(H2,15,18,19). The summed E-state index contributed by atoms with van der Waals surface area (Å²) in [6, 6.07) is 2.95. The molecule has 21 heavy (non-hydrogen) atoms. The first-order chi connectivity index (χ1) is 9.37. The summed E-state index contributed by atoms with van der Waals surface area (Å²) in [6.45, 7) is 0. The van der Waals surface area contributed by atoms with Gasteiger partial charge in [0.25, 0.3) is 0 Å². The maximum atomic E-state index is 12.6. The van der Waals surface area contributed by atoms with E-state index in [1.807, 2.05) is 0 Å². The van der Waals surface area contributed by atoms with Crippen molar-refractivity contribution >= 4 is 19.9 Å². The van der Waals surface area contributed by atoms with E-state index < -0.39 is 53.6 Å². The molecule has 0 amide bonds. The second kappa shape index (κ2) is 5.63. The molecule has 6 nitrogen and oxygen atoms in total. The van der Waals surface area contributed by atoms with Crippen LogP contribution in [0.1, 0.15) is 11.1 Å². The molecule has 0 atom stereocenters. The third-order valence-corrected chi connectivity index (χ3v) is 5.16. The van der Waals surface area contributed by atoms with Gasteiger partial charge in [-0.1, -0.05) is 0 Å². The Labute approximate surface area is 119 Å². The van der Waals surface area contributed by atoms with Crippen molar-refractivity contribution in [3.63, 3.8) is 0 Å². The van der Waals surface area contributed by atoms with Crippen molar-refractivity contribution in [2.75, 3.05) is 11.5 Å². The number of primary sulfonamides is 1. The molecular formula is C10H9F3N2O4S2. The van der Waals surface area contributed by atoms with Gasteiger partial charge in [0.2, 0.25) is 10.0 Å².